The summed E-state index contributed by atoms with van der Waals surface area (Å²) in [5.41, 5.74) is 3.58. The van der Waals surface area contributed by atoms with E-state index in [1.165, 1.54) is 0 Å². The highest BCUT2D eigenvalue weighted by Gasteiger charge is 2.53. The normalized spacial score (nSPS) is 19.8. The van der Waals surface area contributed by atoms with Gasteiger partial charge in [0.1, 0.15) is 5.54 Å². The molecule has 0 aromatic heterocycles. The van der Waals surface area contributed by atoms with E-state index in [1.54, 1.807) is 6.08 Å². The Labute approximate surface area is 167 Å². The molecule has 2 heteroatoms. The van der Waals surface area contributed by atoms with Gasteiger partial charge in [-0.15, -0.1) is 0 Å². The van der Waals surface area contributed by atoms with Gasteiger partial charge in [-0.1, -0.05) is 86.0 Å². The molecule has 2 aromatic carbocycles. The zero-order valence-electron chi connectivity index (χ0n) is 16.4. The van der Waals surface area contributed by atoms with Gasteiger partial charge in [0.2, 0.25) is 0 Å². The molecule has 0 saturated carbocycles. The molecule has 3 rings (SSSR count). The van der Waals surface area contributed by atoms with Crippen LogP contribution in [-0.4, -0.2) is 5.91 Å². The fourth-order valence-electron chi connectivity index (χ4n) is 4.08. The highest BCUT2D eigenvalue weighted by molar-refractivity contribution is 6.14. The minimum Gasteiger partial charge on any atom is -0.290 e. The number of hydrogen-bond acceptors (Lipinski definition) is 1. The number of anilines is 1. The van der Waals surface area contributed by atoms with Gasteiger partial charge in [-0.05, 0) is 48.8 Å². The molecule has 0 N–H and O–H groups in total. The average Bonchev–Trinajstić information content (AvgIpc) is 2.99. The number of carbonyl (C=O) groups excluding carboxylic acids is 1. The molecule has 0 radical (unpaired) electrons. The van der Waals surface area contributed by atoms with E-state index in [4.69, 9.17) is 0 Å². The lowest BCUT2D eigenvalue weighted by molar-refractivity contribution is 0.0986. The third-order valence-electron chi connectivity index (χ3n) is 5.11. The third-order valence-corrected chi connectivity index (χ3v) is 5.11. The molecule has 1 amide bonds. The van der Waals surface area contributed by atoms with Crippen molar-refractivity contribution in [2.45, 2.75) is 19.4 Å². The minimum absolute atomic E-state index is 0.0255. The van der Waals surface area contributed by atoms with Gasteiger partial charge in [-0.25, -0.2) is 0 Å². The van der Waals surface area contributed by atoms with Crippen LogP contribution >= 0.6 is 0 Å². The van der Waals surface area contributed by atoms with E-state index < -0.39 is 5.54 Å². The van der Waals surface area contributed by atoms with Crippen molar-refractivity contribution in [3.05, 3.63) is 126 Å². The molecule has 28 heavy (non-hydrogen) atoms. The summed E-state index contributed by atoms with van der Waals surface area (Å²) >= 11 is 0. The van der Waals surface area contributed by atoms with E-state index in [9.17, 15) is 4.79 Å². The third kappa shape index (κ3) is 2.78. The summed E-state index contributed by atoms with van der Waals surface area (Å²) in [6, 6.07) is 17.6. The maximum Gasteiger partial charge on any atom is 0.260 e. The van der Waals surface area contributed by atoms with E-state index in [-0.39, 0.29) is 5.91 Å². The summed E-state index contributed by atoms with van der Waals surface area (Å²) in [5, 5.41) is 0. The molecule has 2 nitrogen and oxygen atoms in total. The molecule has 1 aliphatic heterocycles. The number of fused-ring (bicyclic) bond motifs is 1. The zero-order chi connectivity index (χ0) is 20.1. The number of benzene rings is 2. The molecule has 140 valence electrons. The number of hydrogen-bond donors (Lipinski definition) is 0. The summed E-state index contributed by atoms with van der Waals surface area (Å²) in [6.07, 6.45) is 11.6. The van der Waals surface area contributed by atoms with Crippen molar-refractivity contribution in [3.63, 3.8) is 0 Å². The number of allylic oxidation sites excluding steroid dienone is 4. The summed E-state index contributed by atoms with van der Waals surface area (Å²) in [5.74, 6) is -0.0255. The summed E-state index contributed by atoms with van der Waals surface area (Å²) in [7, 11) is 0. The van der Waals surface area contributed by atoms with Crippen LogP contribution in [0.25, 0.3) is 0 Å². The van der Waals surface area contributed by atoms with Crippen LogP contribution in [0.15, 0.2) is 115 Å². The Morgan fingerprint density at radius 2 is 1.64 bits per heavy atom. The maximum absolute atomic E-state index is 13.6. The van der Waals surface area contributed by atoms with Crippen molar-refractivity contribution in [3.8, 4) is 0 Å². The highest BCUT2D eigenvalue weighted by atomic mass is 16.2. The zero-order valence-corrected chi connectivity index (χ0v) is 16.4. The Kier molecular flexibility index (Phi) is 5.60. The maximum atomic E-state index is 13.6. The number of rotatable bonds is 6. The van der Waals surface area contributed by atoms with Crippen molar-refractivity contribution in [2.75, 3.05) is 4.90 Å². The van der Waals surface area contributed by atoms with Crippen LogP contribution in [0.1, 0.15) is 29.8 Å². The number of amides is 1. The van der Waals surface area contributed by atoms with Crippen molar-refractivity contribution < 1.29 is 4.79 Å². The first-order valence-corrected chi connectivity index (χ1v) is 9.41. The van der Waals surface area contributed by atoms with E-state index in [2.05, 4.69) is 13.2 Å². The summed E-state index contributed by atoms with van der Waals surface area (Å²) in [4.78, 5) is 15.5. The average molecular weight is 367 g/mol. The molecule has 0 saturated heterocycles. The van der Waals surface area contributed by atoms with Gasteiger partial charge >= 0.3 is 0 Å². The van der Waals surface area contributed by atoms with Crippen LogP contribution in [-0.2, 0) is 5.54 Å². The van der Waals surface area contributed by atoms with Gasteiger partial charge < -0.3 is 0 Å². The van der Waals surface area contributed by atoms with Gasteiger partial charge in [0.25, 0.3) is 5.91 Å². The summed E-state index contributed by atoms with van der Waals surface area (Å²) < 4.78 is 0. The van der Waals surface area contributed by atoms with E-state index in [0.29, 0.717) is 5.56 Å². The first kappa shape index (κ1) is 19.4. The molecule has 0 bridgehead atoms. The smallest absolute Gasteiger partial charge is 0.260 e. The first-order valence-electron chi connectivity index (χ1n) is 9.41. The van der Waals surface area contributed by atoms with Gasteiger partial charge in [0.15, 0.2) is 0 Å². The van der Waals surface area contributed by atoms with Gasteiger partial charge in [-0.2, -0.15) is 0 Å². The van der Waals surface area contributed by atoms with Crippen molar-refractivity contribution >= 4 is 11.6 Å². The molecule has 1 aliphatic rings. The summed E-state index contributed by atoms with van der Waals surface area (Å²) in [6.45, 7) is 11.9. The lowest BCUT2D eigenvalue weighted by atomic mass is 9.75. The van der Waals surface area contributed by atoms with Gasteiger partial charge in [0.05, 0.1) is 0 Å². The Bertz CT molecular complexity index is 994. The topological polar surface area (TPSA) is 20.3 Å². The fourth-order valence-corrected chi connectivity index (χ4v) is 4.08. The van der Waals surface area contributed by atoms with Crippen LogP contribution in [0.5, 0.6) is 0 Å². The molecular weight excluding hydrogens is 342 g/mol. The molecular formula is C26H25NO. The van der Waals surface area contributed by atoms with Crippen molar-refractivity contribution in [2.24, 2.45) is 0 Å². The molecule has 0 aliphatic carbocycles. The van der Waals surface area contributed by atoms with Crippen LogP contribution in [0.4, 0.5) is 5.69 Å². The van der Waals surface area contributed by atoms with Crippen molar-refractivity contribution in [1.29, 1.82) is 0 Å². The Hall–Kier alpha value is -3.39. The number of para-hydroxylation sites is 1. The molecule has 1 atom stereocenters. The van der Waals surface area contributed by atoms with Crippen LogP contribution in [0, 0.1) is 0 Å². The quantitative estimate of drug-likeness (QED) is 0.544. The van der Waals surface area contributed by atoms with E-state index in [1.807, 2.05) is 104 Å². The van der Waals surface area contributed by atoms with Crippen molar-refractivity contribution in [1.82, 2.24) is 0 Å². The standard InChI is InChI=1S/C26H25NO/c1-5-14-21(15-6-2)26(20(7-3)8-4)24-19-13-12-18-23(24)25(28)27(26)22-16-10-9-11-17-22/h5-19H,1,3H2,2,4H3/b15-6-,20-8+,21-14+. The second-order valence-electron chi connectivity index (χ2n) is 6.54. The largest absolute Gasteiger partial charge is 0.290 e. The highest BCUT2D eigenvalue weighted by Crippen LogP contribution is 2.52. The lowest BCUT2D eigenvalue weighted by Gasteiger charge is -2.42. The van der Waals surface area contributed by atoms with Crippen LogP contribution < -0.4 is 4.90 Å². The molecule has 1 heterocycles. The Morgan fingerprint density at radius 1 is 0.964 bits per heavy atom. The molecule has 0 fully saturated rings. The minimum atomic E-state index is -0.813. The number of nitrogens with zero attached hydrogens (tertiary/aromatic N) is 1. The molecule has 2 aromatic rings. The van der Waals surface area contributed by atoms with E-state index in [0.717, 1.165) is 22.4 Å². The predicted molar refractivity (Wildman–Crippen MR) is 118 cm³/mol. The van der Waals surface area contributed by atoms with Gasteiger partial charge in [-0.3, -0.25) is 9.69 Å². The van der Waals surface area contributed by atoms with Gasteiger partial charge in [0, 0.05) is 11.3 Å². The second-order valence-corrected chi connectivity index (χ2v) is 6.54. The first-order chi connectivity index (χ1) is 13.7. The SMILES string of the molecule is C=C/C=C(\C=C/C)C1(/C(C=C)=C/C)c2ccccc2C(=O)N1c1ccccc1. The Balaban J connectivity index is 2.51. The fraction of sp³-hybridized carbons (Fsp3) is 0.115. The predicted octanol–water partition coefficient (Wildman–Crippen LogP) is 6.36. The Morgan fingerprint density at radius 3 is 2.25 bits per heavy atom. The van der Waals surface area contributed by atoms with Crippen LogP contribution in [0.3, 0.4) is 0 Å². The second kappa shape index (κ2) is 8.10. The number of carbonyl (C=O) groups is 1. The monoisotopic (exact) mass is 367 g/mol. The molecule has 1 unspecified atom stereocenters. The lowest BCUT2D eigenvalue weighted by Crippen LogP contribution is -2.46. The van der Waals surface area contributed by atoms with E-state index >= 15 is 0 Å². The van der Waals surface area contributed by atoms with Crippen LogP contribution in [0.2, 0.25) is 0 Å². The molecule has 0 spiro atoms.